The maximum atomic E-state index is 11.5. The highest BCUT2D eigenvalue weighted by atomic mass is 32.2. The fraction of sp³-hybridized carbons (Fsp3) is 0.750. The van der Waals surface area contributed by atoms with E-state index in [9.17, 15) is 14.7 Å². The van der Waals surface area contributed by atoms with Crippen LogP contribution in [0, 0.1) is 5.92 Å². The van der Waals surface area contributed by atoms with Gasteiger partial charge in [-0.3, -0.25) is 4.79 Å². The summed E-state index contributed by atoms with van der Waals surface area (Å²) in [6.45, 7) is 1.56. The second-order valence-corrected chi connectivity index (χ2v) is 4.74. The molecule has 1 amide bonds. The predicted molar refractivity (Wildman–Crippen MR) is 49.7 cm³/mol. The molecular formula is C8H11NO4S. The first-order valence-corrected chi connectivity index (χ1v) is 5.43. The number of rotatable bonds is 2. The summed E-state index contributed by atoms with van der Waals surface area (Å²) in [5.74, 6) is -1.18. The van der Waals surface area contributed by atoms with E-state index in [1.54, 1.807) is 6.92 Å². The van der Waals surface area contributed by atoms with Gasteiger partial charge in [0, 0.05) is 5.75 Å². The summed E-state index contributed by atoms with van der Waals surface area (Å²) in [5.41, 5.74) is 0. The highest BCUT2D eigenvalue weighted by Gasteiger charge is 2.58. The van der Waals surface area contributed by atoms with Gasteiger partial charge in [-0.05, 0) is 6.92 Å². The average Bonchev–Trinajstić information content (AvgIpc) is 2.42. The van der Waals surface area contributed by atoms with Crippen LogP contribution in [0.25, 0.3) is 0 Å². The third kappa shape index (κ3) is 1.14. The molecule has 2 saturated heterocycles. The first-order chi connectivity index (χ1) is 6.54. The lowest BCUT2D eigenvalue weighted by Crippen LogP contribution is -2.64. The molecule has 5 nitrogen and oxygen atoms in total. The van der Waals surface area contributed by atoms with Crippen LogP contribution in [-0.2, 0) is 9.59 Å². The second kappa shape index (κ2) is 3.13. The summed E-state index contributed by atoms with van der Waals surface area (Å²) < 4.78 is 0. The van der Waals surface area contributed by atoms with Gasteiger partial charge >= 0.3 is 5.97 Å². The van der Waals surface area contributed by atoms with Crippen LogP contribution >= 0.6 is 11.8 Å². The Morgan fingerprint density at radius 2 is 2.36 bits per heavy atom. The minimum absolute atomic E-state index is 0.136. The summed E-state index contributed by atoms with van der Waals surface area (Å²) in [6.07, 6.45) is -0.691. The summed E-state index contributed by atoms with van der Waals surface area (Å²) in [4.78, 5) is 23.6. The largest absolute Gasteiger partial charge is 0.480 e. The van der Waals surface area contributed by atoms with Crippen molar-refractivity contribution < 1.29 is 19.8 Å². The molecule has 2 fully saturated rings. The highest BCUT2D eigenvalue weighted by Crippen LogP contribution is 2.44. The first-order valence-electron chi connectivity index (χ1n) is 4.38. The number of carboxylic acid groups (broad SMARTS) is 1. The smallest absolute Gasteiger partial charge is 0.327 e. The number of fused-ring (bicyclic) bond motifs is 1. The fourth-order valence-electron chi connectivity index (χ4n) is 1.93. The van der Waals surface area contributed by atoms with E-state index in [0.717, 1.165) is 0 Å². The molecule has 78 valence electrons. The Hall–Kier alpha value is -0.750. The van der Waals surface area contributed by atoms with Gasteiger partial charge in [-0.15, -0.1) is 11.8 Å². The van der Waals surface area contributed by atoms with Crippen LogP contribution < -0.4 is 0 Å². The summed E-state index contributed by atoms with van der Waals surface area (Å²) in [6, 6.07) is -0.701. The number of aliphatic hydroxyl groups is 1. The number of β-lactam (4-membered cyclic amide) rings is 1. The van der Waals surface area contributed by atoms with Crippen LogP contribution in [0.4, 0.5) is 0 Å². The standard InChI is InChI=1S/C8H11NO4S/c1-3(10)5-6(11)9-4(8(12)13)2-14-7(5)9/h3-5,7,10H,2H2,1H3,(H,12,13). The molecule has 2 aliphatic heterocycles. The molecule has 0 bridgehead atoms. The van der Waals surface area contributed by atoms with Crippen LogP contribution in [0.5, 0.6) is 0 Å². The van der Waals surface area contributed by atoms with Crippen LogP contribution in [0.3, 0.4) is 0 Å². The third-order valence-electron chi connectivity index (χ3n) is 2.69. The fourth-order valence-corrected chi connectivity index (χ4v) is 3.58. The molecule has 4 unspecified atom stereocenters. The van der Waals surface area contributed by atoms with Crippen molar-refractivity contribution in [1.29, 1.82) is 0 Å². The van der Waals surface area contributed by atoms with Crippen LogP contribution in [0.1, 0.15) is 6.92 Å². The van der Waals surface area contributed by atoms with Crippen molar-refractivity contribution in [2.24, 2.45) is 5.92 Å². The van der Waals surface area contributed by atoms with Gasteiger partial charge in [0.15, 0.2) is 0 Å². The average molecular weight is 217 g/mol. The lowest BCUT2D eigenvalue weighted by atomic mass is 9.91. The van der Waals surface area contributed by atoms with Crippen molar-refractivity contribution in [3.05, 3.63) is 0 Å². The minimum atomic E-state index is -0.961. The molecule has 4 atom stereocenters. The maximum Gasteiger partial charge on any atom is 0.327 e. The van der Waals surface area contributed by atoms with Crippen LogP contribution in [0.15, 0.2) is 0 Å². The van der Waals surface area contributed by atoms with Gasteiger partial charge in [-0.2, -0.15) is 0 Å². The van der Waals surface area contributed by atoms with E-state index >= 15 is 0 Å². The number of hydrogen-bond donors (Lipinski definition) is 2. The molecule has 0 radical (unpaired) electrons. The van der Waals surface area contributed by atoms with E-state index in [-0.39, 0.29) is 11.3 Å². The zero-order valence-electron chi connectivity index (χ0n) is 7.58. The van der Waals surface area contributed by atoms with Crippen molar-refractivity contribution in [3.8, 4) is 0 Å². The number of carbonyl (C=O) groups excluding carboxylic acids is 1. The molecule has 0 aromatic heterocycles. The van der Waals surface area contributed by atoms with Crippen molar-refractivity contribution in [3.63, 3.8) is 0 Å². The number of thioether (sulfide) groups is 1. The number of aliphatic hydroxyl groups excluding tert-OH is 1. The first kappa shape index (κ1) is 9.79. The van der Waals surface area contributed by atoms with Gasteiger partial charge in [0.1, 0.15) is 6.04 Å². The molecule has 0 aromatic rings. The van der Waals surface area contributed by atoms with E-state index in [2.05, 4.69) is 0 Å². The van der Waals surface area contributed by atoms with Crippen LogP contribution in [0.2, 0.25) is 0 Å². The number of carbonyl (C=O) groups is 2. The lowest BCUT2D eigenvalue weighted by molar-refractivity contribution is -0.166. The molecule has 2 aliphatic rings. The van der Waals surface area contributed by atoms with E-state index in [0.29, 0.717) is 5.75 Å². The van der Waals surface area contributed by atoms with Gasteiger partial charge in [-0.1, -0.05) is 0 Å². The quantitative estimate of drug-likeness (QED) is 0.601. The topological polar surface area (TPSA) is 77.8 Å². The SMILES string of the molecule is CC(O)C1C(=O)N2C(C(=O)O)CSC12. The molecule has 6 heteroatoms. The molecule has 0 spiro atoms. The Morgan fingerprint density at radius 1 is 1.71 bits per heavy atom. The number of amides is 1. The van der Waals surface area contributed by atoms with Crippen molar-refractivity contribution in [1.82, 2.24) is 4.90 Å². The molecular weight excluding hydrogens is 206 g/mol. The Morgan fingerprint density at radius 3 is 2.86 bits per heavy atom. The van der Waals surface area contributed by atoms with Gasteiger partial charge in [-0.25, -0.2) is 4.79 Å². The highest BCUT2D eigenvalue weighted by molar-refractivity contribution is 8.00. The molecule has 2 rings (SSSR count). The Labute approximate surface area is 85.1 Å². The third-order valence-corrected chi connectivity index (χ3v) is 4.06. The van der Waals surface area contributed by atoms with E-state index in [4.69, 9.17) is 5.11 Å². The predicted octanol–water partition coefficient (Wildman–Crippen LogP) is -0.648. The summed E-state index contributed by atoms with van der Waals surface area (Å²) in [5, 5.41) is 18.0. The molecule has 0 aromatic carbocycles. The zero-order valence-corrected chi connectivity index (χ0v) is 8.40. The molecule has 0 aliphatic carbocycles. The second-order valence-electron chi connectivity index (χ2n) is 3.59. The van der Waals surface area contributed by atoms with Gasteiger partial charge < -0.3 is 15.1 Å². The van der Waals surface area contributed by atoms with Crippen molar-refractivity contribution in [2.75, 3.05) is 5.75 Å². The normalized spacial score (nSPS) is 37.7. The summed E-state index contributed by atoms with van der Waals surface area (Å²) >= 11 is 1.43. The Kier molecular flexibility index (Phi) is 2.19. The number of carboxylic acids is 1. The molecule has 2 heterocycles. The minimum Gasteiger partial charge on any atom is -0.480 e. The van der Waals surface area contributed by atoms with Crippen molar-refractivity contribution >= 4 is 23.6 Å². The Balaban J connectivity index is 2.13. The number of nitrogens with zero attached hydrogens (tertiary/aromatic N) is 1. The molecule has 14 heavy (non-hydrogen) atoms. The Bertz CT molecular complexity index is 293. The molecule has 0 saturated carbocycles. The zero-order chi connectivity index (χ0) is 10.5. The molecule has 2 N–H and O–H groups in total. The van der Waals surface area contributed by atoms with E-state index < -0.39 is 24.0 Å². The van der Waals surface area contributed by atoms with Gasteiger partial charge in [0.25, 0.3) is 0 Å². The van der Waals surface area contributed by atoms with E-state index in [1.807, 2.05) is 0 Å². The van der Waals surface area contributed by atoms with Crippen molar-refractivity contribution in [2.45, 2.75) is 24.4 Å². The lowest BCUT2D eigenvalue weighted by Gasteiger charge is -2.44. The summed E-state index contributed by atoms with van der Waals surface area (Å²) in [7, 11) is 0. The monoisotopic (exact) mass is 217 g/mol. The van der Waals surface area contributed by atoms with E-state index in [1.165, 1.54) is 16.7 Å². The number of aliphatic carboxylic acids is 1. The maximum absolute atomic E-state index is 11.5. The van der Waals surface area contributed by atoms with Crippen LogP contribution in [-0.4, -0.2) is 50.3 Å². The van der Waals surface area contributed by atoms with Gasteiger partial charge in [0.2, 0.25) is 5.91 Å². The number of hydrogen-bond acceptors (Lipinski definition) is 4. The van der Waals surface area contributed by atoms with Gasteiger partial charge in [0.05, 0.1) is 17.4 Å².